The average Bonchev–Trinajstić information content (AvgIpc) is 2.91. The first-order valence-corrected chi connectivity index (χ1v) is 12.1. The summed E-state index contributed by atoms with van der Waals surface area (Å²) in [5, 5.41) is 19.5. The van der Waals surface area contributed by atoms with Crippen LogP contribution in [0, 0.1) is 0 Å². The summed E-state index contributed by atoms with van der Waals surface area (Å²) in [5.41, 5.74) is 3.22. The quantitative estimate of drug-likeness (QED) is 0.195. The molecular formula is C31H30N2O2. The third kappa shape index (κ3) is 5.14. The Morgan fingerprint density at radius 2 is 1.37 bits per heavy atom. The second-order valence-electron chi connectivity index (χ2n) is 8.59. The minimum Gasteiger partial charge on any atom is -0.494 e. The Bertz CT molecular complexity index is 1350. The Morgan fingerprint density at radius 3 is 2.00 bits per heavy atom. The molecule has 5 rings (SSSR count). The zero-order chi connectivity index (χ0) is 24.0. The van der Waals surface area contributed by atoms with Gasteiger partial charge in [-0.15, -0.1) is 0 Å². The first kappa shape index (κ1) is 22.9. The Hall–Kier alpha value is -3.86. The molecule has 0 amide bonds. The minimum atomic E-state index is -0.883. The minimum absolute atomic E-state index is 0.540. The summed E-state index contributed by atoms with van der Waals surface area (Å²) >= 11 is 0. The van der Waals surface area contributed by atoms with Gasteiger partial charge in [0.05, 0.1) is 6.61 Å². The molecule has 0 radical (unpaired) electrons. The molecule has 5 aromatic carbocycles. The highest BCUT2D eigenvalue weighted by Gasteiger charge is 2.19. The lowest BCUT2D eigenvalue weighted by molar-refractivity contribution is 0.128. The van der Waals surface area contributed by atoms with Crippen molar-refractivity contribution in [2.75, 3.05) is 11.5 Å². The van der Waals surface area contributed by atoms with Crippen LogP contribution in [0.2, 0.25) is 0 Å². The molecule has 0 bridgehead atoms. The molecule has 0 spiro atoms. The highest BCUT2D eigenvalue weighted by Crippen LogP contribution is 2.31. The normalized spacial score (nSPS) is 12.1. The standard InChI is InChI=1S/C31H30N2O2/c1-2-35-27-18-16-26(17-19-27)33(31(34)32-21-23-10-4-3-5-11-23)22-30-28-14-8-6-12-24(28)20-25-13-7-9-15-29(25)30/h3-20,31-32,34H,2,21-22H2,1H3. The Morgan fingerprint density at radius 1 is 0.771 bits per heavy atom. The molecule has 0 saturated heterocycles. The van der Waals surface area contributed by atoms with Gasteiger partial charge in [0.15, 0.2) is 6.35 Å². The number of nitrogens with zero attached hydrogens (tertiary/aromatic N) is 1. The van der Waals surface area contributed by atoms with Gasteiger partial charge in [0.2, 0.25) is 0 Å². The third-order valence-corrected chi connectivity index (χ3v) is 6.32. The maximum atomic E-state index is 11.4. The second kappa shape index (κ2) is 10.6. The van der Waals surface area contributed by atoms with Crippen molar-refractivity contribution in [2.24, 2.45) is 0 Å². The number of hydrogen-bond acceptors (Lipinski definition) is 4. The number of rotatable bonds is 9. The first-order chi connectivity index (χ1) is 17.2. The Balaban J connectivity index is 1.54. The fourth-order valence-electron chi connectivity index (χ4n) is 4.58. The van der Waals surface area contributed by atoms with Crippen LogP contribution in [0.3, 0.4) is 0 Å². The summed E-state index contributed by atoms with van der Waals surface area (Å²) < 4.78 is 5.64. The van der Waals surface area contributed by atoms with E-state index >= 15 is 0 Å². The largest absolute Gasteiger partial charge is 0.494 e. The van der Waals surface area contributed by atoms with E-state index in [1.54, 1.807) is 0 Å². The SMILES string of the molecule is CCOc1ccc(N(Cc2c3ccccc3cc3ccccc23)C(O)NCc2ccccc2)cc1. The van der Waals surface area contributed by atoms with Crippen LogP contribution in [0.15, 0.2) is 109 Å². The van der Waals surface area contributed by atoms with E-state index in [-0.39, 0.29) is 0 Å². The maximum absolute atomic E-state index is 11.4. The van der Waals surface area contributed by atoms with E-state index in [2.05, 4.69) is 72.0 Å². The van der Waals surface area contributed by atoms with Crippen molar-refractivity contribution in [2.45, 2.75) is 26.4 Å². The molecule has 4 heteroatoms. The van der Waals surface area contributed by atoms with E-state index in [0.717, 1.165) is 17.0 Å². The molecule has 0 aliphatic heterocycles. The number of nitrogens with one attached hydrogen (secondary N) is 1. The first-order valence-electron chi connectivity index (χ1n) is 12.1. The summed E-state index contributed by atoms with van der Waals surface area (Å²) in [6.45, 7) is 3.69. The number of fused-ring (bicyclic) bond motifs is 2. The van der Waals surface area contributed by atoms with Crippen LogP contribution < -0.4 is 15.0 Å². The van der Waals surface area contributed by atoms with Crippen molar-refractivity contribution in [3.63, 3.8) is 0 Å². The summed E-state index contributed by atoms with van der Waals surface area (Å²) in [7, 11) is 0. The predicted octanol–water partition coefficient (Wildman–Crippen LogP) is 6.46. The van der Waals surface area contributed by atoms with E-state index in [1.807, 2.05) is 54.3 Å². The van der Waals surface area contributed by atoms with Gasteiger partial charge in [-0.2, -0.15) is 0 Å². The number of hydrogen-bond donors (Lipinski definition) is 2. The van der Waals surface area contributed by atoms with Crippen LogP contribution in [0.5, 0.6) is 5.75 Å². The van der Waals surface area contributed by atoms with Crippen LogP contribution in [-0.4, -0.2) is 18.1 Å². The van der Waals surface area contributed by atoms with E-state index in [0.29, 0.717) is 19.7 Å². The van der Waals surface area contributed by atoms with Gasteiger partial charge in [0, 0.05) is 18.8 Å². The van der Waals surface area contributed by atoms with Crippen molar-refractivity contribution in [3.05, 3.63) is 120 Å². The monoisotopic (exact) mass is 462 g/mol. The summed E-state index contributed by atoms with van der Waals surface area (Å²) in [4.78, 5) is 2.01. The van der Waals surface area contributed by atoms with Crippen molar-refractivity contribution in [1.82, 2.24) is 5.32 Å². The smallest absolute Gasteiger partial charge is 0.184 e. The topological polar surface area (TPSA) is 44.7 Å². The van der Waals surface area contributed by atoms with Gasteiger partial charge in [-0.3, -0.25) is 5.32 Å². The number of ether oxygens (including phenoxy) is 1. The fraction of sp³-hybridized carbons (Fsp3) is 0.161. The molecule has 176 valence electrons. The fourth-order valence-corrected chi connectivity index (χ4v) is 4.58. The van der Waals surface area contributed by atoms with Crippen LogP contribution in [-0.2, 0) is 13.1 Å². The molecule has 0 aliphatic rings. The molecule has 0 aliphatic carbocycles. The second-order valence-corrected chi connectivity index (χ2v) is 8.59. The summed E-state index contributed by atoms with van der Waals surface area (Å²) in [6, 6.07) is 37.2. The molecule has 0 aromatic heterocycles. The van der Waals surface area contributed by atoms with Gasteiger partial charge in [-0.1, -0.05) is 78.9 Å². The lowest BCUT2D eigenvalue weighted by Crippen LogP contribution is -2.45. The zero-order valence-corrected chi connectivity index (χ0v) is 19.9. The van der Waals surface area contributed by atoms with E-state index in [1.165, 1.54) is 27.1 Å². The highest BCUT2D eigenvalue weighted by atomic mass is 16.5. The van der Waals surface area contributed by atoms with Crippen LogP contribution in [0.4, 0.5) is 5.69 Å². The van der Waals surface area contributed by atoms with Gasteiger partial charge in [-0.25, -0.2) is 0 Å². The average molecular weight is 463 g/mol. The number of aliphatic hydroxyl groups is 1. The molecule has 1 unspecified atom stereocenters. The molecule has 5 aromatic rings. The lowest BCUT2D eigenvalue weighted by atomic mass is 9.96. The van der Waals surface area contributed by atoms with Gasteiger partial charge < -0.3 is 14.7 Å². The summed E-state index contributed by atoms with van der Waals surface area (Å²) in [6.07, 6.45) is -0.883. The molecular weight excluding hydrogens is 432 g/mol. The number of aliphatic hydroxyl groups excluding tert-OH is 1. The van der Waals surface area contributed by atoms with Gasteiger partial charge in [0.25, 0.3) is 0 Å². The summed E-state index contributed by atoms with van der Waals surface area (Å²) in [5.74, 6) is 0.818. The Labute approximate surface area is 206 Å². The van der Waals surface area contributed by atoms with Gasteiger partial charge >= 0.3 is 0 Å². The van der Waals surface area contributed by atoms with E-state index < -0.39 is 6.35 Å². The van der Waals surface area contributed by atoms with Crippen molar-refractivity contribution >= 4 is 27.2 Å². The molecule has 0 fully saturated rings. The van der Waals surface area contributed by atoms with Crippen molar-refractivity contribution in [3.8, 4) is 5.75 Å². The molecule has 0 saturated carbocycles. The van der Waals surface area contributed by atoms with Crippen molar-refractivity contribution < 1.29 is 9.84 Å². The number of anilines is 1. The molecule has 35 heavy (non-hydrogen) atoms. The highest BCUT2D eigenvalue weighted by molar-refractivity contribution is 6.02. The van der Waals surface area contributed by atoms with Gasteiger partial charge in [0.1, 0.15) is 5.75 Å². The van der Waals surface area contributed by atoms with Crippen LogP contribution in [0.25, 0.3) is 21.5 Å². The predicted molar refractivity (Wildman–Crippen MR) is 145 cm³/mol. The zero-order valence-electron chi connectivity index (χ0n) is 19.9. The maximum Gasteiger partial charge on any atom is 0.184 e. The third-order valence-electron chi connectivity index (χ3n) is 6.32. The molecule has 4 nitrogen and oxygen atoms in total. The van der Waals surface area contributed by atoms with Gasteiger partial charge in [-0.05, 0) is 69.9 Å². The van der Waals surface area contributed by atoms with E-state index in [4.69, 9.17) is 4.74 Å². The number of benzene rings is 5. The molecule has 2 N–H and O–H groups in total. The Kier molecular flexibility index (Phi) is 6.94. The molecule has 1 atom stereocenters. The van der Waals surface area contributed by atoms with E-state index in [9.17, 15) is 5.11 Å². The van der Waals surface area contributed by atoms with Crippen molar-refractivity contribution in [1.29, 1.82) is 0 Å². The van der Waals surface area contributed by atoms with Crippen LogP contribution in [0.1, 0.15) is 18.1 Å². The molecule has 0 heterocycles. The van der Waals surface area contributed by atoms with Crippen LogP contribution >= 0.6 is 0 Å². The lowest BCUT2D eigenvalue weighted by Gasteiger charge is -2.32.